The molecule has 0 aliphatic carbocycles. The summed E-state index contributed by atoms with van der Waals surface area (Å²) in [5, 5.41) is 5.69. The van der Waals surface area contributed by atoms with E-state index in [1.54, 1.807) is 0 Å². The summed E-state index contributed by atoms with van der Waals surface area (Å²) in [6.07, 6.45) is 3.63. The van der Waals surface area contributed by atoms with Crippen LogP contribution in [0.4, 0.5) is 0 Å². The van der Waals surface area contributed by atoms with Crippen LogP contribution < -0.4 is 17.2 Å². The molecule has 0 heterocycles. The van der Waals surface area contributed by atoms with Crippen LogP contribution >= 0.6 is 0 Å². The van der Waals surface area contributed by atoms with E-state index in [0.29, 0.717) is 0 Å². The second-order valence-electron chi connectivity index (χ2n) is 4.53. The number of rotatable bonds is 10. The first-order valence-corrected chi connectivity index (χ1v) is 12.3. The Kier molecular flexibility index (Phi) is 9.91. The summed E-state index contributed by atoms with van der Waals surface area (Å²) in [5.74, 6) is 0. The Morgan fingerprint density at radius 2 is 1.07 bits per heavy atom. The van der Waals surface area contributed by atoms with Gasteiger partial charge in [-0.05, 0) is 0 Å². The summed E-state index contributed by atoms with van der Waals surface area (Å²) in [6, 6.07) is 0. The molecule has 0 aromatic heterocycles. The van der Waals surface area contributed by atoms with Crippen LogP contribution in [0.1, 0.15) is 26.2 Å². The van der Waals surface area contributed by atoms with Crippen LogP contribution in [0.15, 0.2) is 0 Å². The van der Waals surface area contributed by atoms with Crippen molar-refractivity contribution < 1.29 is 0 Å². The van der Waals surface area contributed by atoms with Crippen LogP contribution in [0.5, 0.6) is 0 Å². The molecule has 0 aliphatic rings. The number of hydrogen-bond acceptors (Lipinski definition) is 3. The van der Waals surface area contributed by atoms with Crippen molar-refractivity contribution >= 4 is 13.3 Å². The third-order valence-corrected chi connectivity index (χ3v) is 15.5. The van der Waals surface area contributed by atoms with Gasteiger partial charge in [-0.1, -0.05) is 0 Å². The van der Waals surface area contributed by atoms with Crippen molar-refractivity contribution in [2.75, 3.05) is 19.6 Å². The van der Waals surface area contributed by atoms with Gasteiger partial charge in [0.15, 0.2) is 0 Å². The van der Waals surface area contributed by atoms with Crippen molar-refractivity contribution in [3.63, 3.8) is 0 Å². The monoisotopic (exact) mass is 277 g/mol. The summed E-state index contributed by atoms with van der Waals surface area (Å²) in [7, 11) is 0. The van der Waals surface area contributed by atoms with E-state index >= 15 is 0 Å². The van der Waals surface area contributed by atoms with Crippen molar-refractivity contribution in [3.8, 4) is 0 Å². The Balaban J connectivity index is 4.16. The van der Waals surface area contributed by atoms with Gasteiger partial charge in [0.2, 0.25) is 0 Å². The normalized spacial score (nSPS) is 12.0. The molecule has 0 bridgehead atoms. The fraction of sp³-hybridized carbons (Fsp3) is 1.00. The van der Waals surface area contributed by atoms with E-state index in [1.165, 1.54) is 40.3 Å². The van der Waals surface area contributed by atoms with E-state index in [9.17, 15) is 0 Å². The zero-order valence-corrected chi connectivity index (χ0v) is 12.4. The minimum atomic E-state index is -1.61. The average molecular weight is 276 g/mol. The SMILES string of the molecule is C[CH2][Ge]([CH2]CCN)([CH2]CCN)[CH2]CCN. The molecule has 0 unspecified atom stereocenters. The Hall–Kier alpha value is 0.423. The Morgan fingerprint density at radius 1 is 0.733 bits per heavy atom. The molecule has 4 heteroatoms. The predicted molar refractivity (Wildman–Crippen MR) is 71.7 cm³/mol. The molecule has 6 N–H and O–H groups in total. The standard InChI is InChI=1S/C11H29GeN3/c1-2-12(6-3-9-13,7-4-10-14)8-5-11-15/h2-11,13-15H2,1H3. The van der Waals surface area contributed by atoms with Crippen LogP contribution in [0.2, 0.25) is 21.0 Å². The Morgan fingerprint density at radius 3 is 1.27 bits per heavy atom. The zero-order valence-electron chi connectivity index (χ0n) is 10.3. The van der Waals surface area contributed by atoms with Crippen molar-refractivity contribution in [2.45, 2.75) is 47.2 Å². The van der Waals surface area contributed by atoms with E-state index in [1.807, 2.05) is 0 Å². The number of nitrogens with two attached hydrogens (primary N) is 3. The fourth-order valence-electron chi connectivity index (χ4n) is 2.34. The van der Waals surface area contributed by atoms with Gasteiger partial charge in [0, 0.05) is 0 Å². The van der Waals surface area contributed by atoms with Gasteiger partial charge < -0.3 is 0 Å². The molecule has 3 nitrogen and oxygen atoms in total. The molecule has 0 saturated carbocycles. The summed E-state index contributed by atoms with van der Waals surface area (Å²) >= 11 is -1.61. The van der Waals surface area contributed by atoms with E-state index in [0.717, 1.165) is 19.6 Å². The van der Waals surface area contributed by atoms with Gasteiger partial charge in [-0.3, -0.25) is 0 Å². The maximum absolute atomic E-state index is 5.63. The molecule has 0 saturated heterocycles. The fourth-order valence-corrected chi connectivity index (χ4v) is 12.1. The van der Waals surface area contributed by atoms with Gasteiger partial charge in [0.25, 0.3) is 0 Å². The quantitative estimate of drug-likeness (QED) is 0.529. The van der Waals surface area contributed by atoms with Crippen LogP contribution in [-0.2, 0) is 0 Å². The molecule has 0 spiro atoms. The van der Waals surface area contributed by atoms with E-state index in [-0.39, 0.29) is 0 Å². The first-order valence-electron chi connectivity index (χ1n) is 6.35. The average Bonchev–Trinajstić information content (AvgIpc) is 2.29. The molecule has 0 aromatic rings. The third kappa shape index (κ3) is 6.56. The van der Waals surface area contributed by atoms with E-state index in [2.05, 4.69) is 6.92 Å². The summed E-state index contributed by atoms with van der Waals surface area (Å²) in [5.41, 5.74) is 16.9. The van der Waals surface area contributed by atoms with Gasteiger partial charge in [-0.2, -0.15) is 0 Å². The van der Waals surface area contributed by atoms with Crippen LogP contribution in [0, 0.1) is 0 Å². The molecule has 0 rings (SSSR count). The molecular formula is C11H29GeN3. The van der Waals surface area contributed by atoms with Gasteiger partial charge in [0.05, 0.1) is 0 Å². The molecule has 0 radical (unpaired) electrons. The molecule has 92 valence electrons. The molecular weight excluding hydrogens is 247 g/mol. The van der Waals surface area contributed by atoms with Crippen molar-refractivity contribution in [3.05, 3.63) is 0 Å². The van der Waals surface area contributed by atoms with Gasteiger partial charge in [0.1, 0.15) is 0 Å². The van der Waals surface area contributed by atoms with Gasteiger partial charge in [-0.25, -0.2) is 0 Å². The first-order chi connectivity index (χ1) is 7.24. The predicted octanol–water partition coefficient (Wildman–Crippen LogP) is 1.50. The van der Waals surface area contributed by atoms with Gasteiger partial charge in [-0.15, -0.1) is 0 Å². The maximum atomic E-state index is 5.63. The van der Waals surface area contributed by atoms with Crippen LogP contribution in [0.25, 0.3) is 0 Å². The molecule has 15 heavy (non-hydrogen) atoms. The van der Waals surface area contributed by atoms with Gasteiger partial charge >= 0.3 is 97.3 Å². The summed E-state index contributed by atoms with van der Waals surface area (Å²) in [6.45, 7) is 4.90. The first kappa shape index (κ1) is 15.4. The second-order valence-corrected chi connectivity index (χ2v) is 15.5. The van der Waals surface area contributed by atoms with Crippen molar-refractivity contribution in [1.82, 2.24) is 0 Å². The molecule has 0 atom stereocenters. The van der Waals surface area contributed by atoms with Crippen LogP contribution in [0.3, 0.4) is 0 Å². The molecule has 0 aromatic carbocycles. The minimum absolute atomic E-state index is 0.845. The van der Waals surface area contributed by atoms with Crippen molar-refractivity contribution in [2.24, 2.45) is 17.2 Å². The summed E-state index contributed by atoms with van der Waals surface area (Å²) < 4.78 is 0. The second kappa shape index (κ2) is 9.63. The third-order valence-electron chi connectivity index (χ3n) is 3.48. The summed E-state index contributed by atoms with van der Waals surface area (Å²) in [4.78, 5) is 0. The molecule has 0 aliphatic heterocycles. The molecule has 0 amide bonds. The van der Waals surface area contributed by atoms with Crippen LogP contribution in [-0.4, -0.2) is 32.9 Å². The number of hydrogen-bond donors (Lipinski definition) is 3. The Bertz CT molecular complexity index is 120. The topological polar surface area (TPSA) is 78.1 Å². The van der Waals surface area contributed by atoms with E-state index < -0.39 is 13.3 Å². The zero-order chi connectivity index (χ0) is 11.6. The van der Waals surface area contributed by atoms with Crippen molar-refractivity contribution in [1.29, 1.82) is 0 Å². The molecule has 0 fully saturated rings. The Labute approximate surface area is 97.5 Å². The van der Waals surface area contributed by atoms with E-state index in [4.69, 9.17) is 17.2 Å².